The van der Waals surface area contributed by atoms with Crippen LogP contribution in [0.1, 0.15) is 53.0 Å². The van der Waals surface area contributed by atoms with Crippen molar-refractivity contribution in [2.75, 3.05) is 31.7 Å². The lowest BCUT2D eigenvalue weighted by Crippen LogP contribution is -2.32. The number of amides is 2. The van der Waals surface area contributed by atoms with Crippen LogP contribution in [-0.2, 0) is 17.7 Å². The van der Waals surface area contributed by atoms with Gasteiger partial charge in [-0.3, -0.25) is 9.59 Å². The molecule has 0 spiro atoms. The van der Waals surface area contributed by atoms with Gasteiger partial charge in [-0.15, -0.1) is 0 Å². The average molecular weight is 384 g/mol. The third-order valence-corrected chi connectivity index (χ3v) is 4.96. The number of anilines is 1. The maximum Gasteiger partial charge on any atom is 0.287 e. The van der Waals surface area contributed by atoms with Gasteiger partial charge in [-0.25, -0.2) is 4.98 Å². The van der Waals surface area contributed by atoms with Gasteiger partial charge in [0.15, 0.2) is 11.5 Å². The fourth-order valence-electron chi connectivity index (χ4n) is 3.56. The summed E-state index contributed by atoms with van der Waals surface area (Å²) < 4.78 is 6.93. The van der Waals surface area contributed by atoms with Crippen LogP contribution in [-0.4, -0.2) is 48.2 Å². The normalized spacial score (nSPS) is 13.1. The van der Waals surface area contributed by atoms with Crippen LogP contribution in [0.4, 0.5) is 5.69 Å². The predicted molar refractivity (Wildman–Crippen MR) is 108 cm³/mol. The first-order valence-electron chi connectivity index (χ1n) is 9.90. The molecule has 1 N–H and O–H groups in total. The Hall–Kier alpha value is -2.67. The van der Waals surface area contributed by atoms with Crippen LogP contribution in [0.3, 0.4) is 0 Å². The molecule has 1 aromatic heterocycles. The number of nitrogens with zero attached hydrogens (tertiary/aromatic N) is 3. The van der Waals surface area contributed by atoms with Crippen molar-refractivity contribution in [2.24, 2.45) is 0 Å². The number of rotatable bonds is 8. The lowest BCUT2D eigenvalue weighted by atomic mass is 10.1. The quantitative estimate of drug-likeness (QED) is 0.710. The van der Waals surface area contributed by atoms with E-state index in [9.17, 15) is 9.59 Å². The fraction of sp³-hybridized carbons (Fsp3) is 0.476. The first-order valence-corrected chi connectivity index (χ1v) is 9.90. The summed E-state index contributed by atoms with van der Waals surface area (Å²) in [6.45, 7) is 4.30. The van der Waals surface area contributed by atoms with Gasteiger partial charge in [0.05, 0.1) is 5.69 Å². The maximum atomic E-state index is 13.3. The monoisotopic (exact) mass is 384 g/mol. The SMILES string of the molecule is CCN(C(=O)c1nc(C(=O)NCCCOC)n2c1CCCC2)c1ccccc1. The number of aromatic nitrogens is 2. The zero-order chi connectivity index (χ0) is 19.9. The molecule has 0 radical (unpaired) electrons. The third-order valence-electron chi connectivity index (χ3n) is 4.96. The number of hydrogen-bond donors (Lipinski definition) is 1. The zero-order valence-corrected chi connectivity index (χ0v) is 16.6. The number of fused-ring (bicyclic) bond motifs is 1. The van der Waals surface area contributed by atoms with E-state index in [0.29, 0.717) is 37.8 Å². The molecule has 28 heavy (non-hydrogen) atoms. The second kappa shape index (κ2) is 9.50. The summed E-state index contributed by atoms with van der Waals surface area (Å²) in [6.07, 6.45) is 3.48. The maximum absolute atomic E-state index is 13.3. The summed E-state index contributed by atoms with van der Waals surface area (Å²) in [5.74, 6) is -0.0570. The molecule has 7 nitrogen and oxygen atoms in total. The van der Waals surface area contributed by atoms with Crippen LogP contribution >= 0.6 is 0 Å². The van der Waals surface area contributed by atoms with Crippen molar-refractivity contribution in [3.05, 3.63) is 47.5 Å². The first kappa shape index (κ1) is 20.1. The number of imidazole rings is 1. The number of carbonyl (C=O) groups excluding carboxylic acids is 2. The molecule has 0 saturated carbocycles. The molecule has 0 unspecified atom stereocenters. The van der Waals surface area contributed by atoms with Gasteiger partial charge in [-0.1, -0.05) is 18.2 Å². The number of ether oxygens (including phenoxy) is 1. The highest BCUT2D eigenvalue weighted by atomic mass is 16.5. The van der Waals surface area contributed by atoms with Crippen LogP contribution in [0.5, 0.6) is 0 Å². The Kier molecular flexibility index (Phi) is 6.81. The van der Waals surface area contributed by atoms with E-state index >= 15 is 0 Å². The van der Waals surface area contributed by atoms with E-state index < -0.39 is 0 Å². The number of nitrogens with one attached hydrogen (secondary N) is 1. The predicted octanol–water partition coefficient (Wildman–Crippen LogP) is 2.65. The Bertz CT molecular complexity index is 817. The minimum Gasteiger partial charge on any atom is -0.385 e. The molecule has 2 aromatic rings. The molecule has 1 aliphatic heterocycles. The topological polar surface area (TPSA) is 76.5 Å². The Morgan fingerprint density at radius 3 is 2.75 bits per heavy atom. The highest BCUT2D eigenvalue weighted by Crippen LogP contribution is 2.24. The lowest BCUT2D eigenvalue weighted by Gasteiger charge is -2.22. The van der Waals surface area contributed by atoms with Crippen molar-refractivity contribution in [1.29, 1.82) is 0 Å². The average Bonchev–Trinajstić information content (AvgIpc) is 3.12. The van der Waals surface area contributed by atoms with Gasteiger partial charge < -0.3 is 19.5 Å². The van der Waals surface area contributed by atoms with E-state index in [4.69, 9.17) is 4.74 Å². The molecule has 1 aliphatic rings. The van der Waals surface area contributed by atoms with E-state index in [1.165, 1.54) is 0 Å². The molecular formula is C21H28N4O3. The first-order chi connectivity index (χ1) is 13.7. The third kappa shape index (κ3) is 4.25. The summed E-state index contributed by atoms with van der Waals surface area (Å²) >= 11 is 0. The smallest absolute Gasteiger partial charge is 0.287 e. The number of methoxy groups -OCH3 is 1. The molecule has 0 bridgehead atoms. The number of hydrogen-bond acceptors (Lipinski definition) is 4. The molecule has 150 valence electrons. The molecule has 0 saturated heterocycles. The van der Waals surface area contributed by atoms with Crippen LogP contribution in [0, 0.1) is 0 Å². The van der Waals surface area contributed by atoms with Gasteiger partial charge in [0.25, 0.3) is 11.8 Å². The number of carbonyl (C=O) groups is 2. The van der Waals surface area contributed by atoms with E-state index in [1.54, 1.807) is 12.0 Å². The van der Waals surface area contributed by atoms with Crippen LogP contribution < -0.4 is 10.2 Å². The molecule has 7 heteroatoms. The van der Waals surface area contributed by atoms with E-state index in [-0.39, 0.29) is 11.8 Å². The lowest BCUT2D eigenvalue weighted by molar-refractivity contribution is 0.0932. The minimum absolute atomic E-state index is 0.155. The van der Waals surface area contributed by atoms with Gasteiger partial charge in [0.2, 0.25) is 0 Å². The van der Waals surface area contributed by atoms with Gasteiger partial charge in [0.1, 0.15) is 0 Å². The standard InChI is InChI=1S/C21H28N4O3/c1-3-24(16-10-5-4-6-11-16)21(27)18-17-12-7-8-14-25(17)19(23-18)20(26)22-13-9-15-28-2/h4-6,10-11H,3,7-9,12-15H2,1-2H3,(H,22,26). The molecule has 0 aliphatic carbocycles. The van der Waals surface area contributed by atoms with Crippen molar-refractivity contribution >= 4 is 17.5 Å². The highest BCUT2D eigenvalue weighted by Gasteiger charge is 2.29. The molecule has 3 rings (SSSR count). The van der Waals surface area contributed by atoms with Crippen LogP contribution in [0.25, 0.3) is 0 Å². The van der Waals surface area contributed by atoms with E-state index in [0.717, 1.165) is 37.1 Å². The van der Waals surface area contributed by atoms with Gasteiger partial charge in [0, 0.05) is 39.0 Å². The van der Waals surface area contributed by atoms with Crippen molar-refractivity contribution in [3.63, 3.8) is 0 Å². The summed E-state index contributed by atoms with van der Waals surface area (Å²) in [7, 11) is 1.64. The second-order valence-corrected chi connectivity index (χ2v) is 6.83. The highest BCUT2D eigenvalue weighted by molar-refractivity contribution is 6.06. The van der Waals surface area contributed by atoms with Crippen molar-refractivity contribution in [3.8, 4) is 0 Å². The molecular weight excluding hydrogens is 356 g/mol. The molecule has 1 aromatic carbocycles. The Morgan fingerprint density at radius 2 is 2.04 bits per heavy atom. The second-order valence-electron chi connectivity index (χ2n) is 6.83. The summed E-state index contributed by atoms with van der Waals surface area (Å²) in [5, 5.41) is 2.88. The number of para-hydroxylation sites is 1. The molecule has 2 heterocycles. The Morgan fingerprint density at radius 1 is 1.25 bits per heavy atom. The van der Waals surface area contributed by atoms with Crippen molar-refractivity contribution < 1.29 is 14.3 Å². The van der Waals surface area contributed by atoms with Crippen LogP contribution in [0.15, 0.2) is 30.3 Å². The Labute approximate surface area is 165 Å². The minimum atomic E-state index is -0.235. The molecule has 2 amide bonds. The van der Waals surface area contributed by atoms with Crippen molar-refractivity contribution in [1.82, 2.24) is 14.9 Å². The molecule has 0 atom stereocenters. The van der Waals surface area contributed by atoms with Gasteiger partial charge in [-0.2, -0.15) is 0 Å². The Balaban J connectivity index is 1.88. The van der Waals surface area contributed by atoms with Gasteiger partial charge >= 0.3 is 0 Å². The van der Waals surface area contributed by atoms with E-state index in [1.807, 2.05) is 41.8 Å². The summed E-state index contributed by atoms with van der Waals surface area (Å²) in [5.41, 5.74) is 2.10. The fourth-order valence-corrected chi connectivity index (χ4v) is 3.56. The van der Waals surface area contributed by atoms with Gasteiger partial charge in [-0.05, 0) is 44.7 Å². The summed E-state index contributed by atoms with van der Waals surface area (Å²) in [6, 6.07) is 9.56. The van der Waals surface area contributed by atoms with Crippen molar-refractivity contribution in [2.45, 2.75) is 39.2 Å². The summed E-state index contributed by atoms with van der Waals surface area (Å²) in [4.78, 5) is 32.2. The number of benzene rings is 1. The van der Waals surface area contributed by atoms with Crippen LogP contribution in [0.2, 0.25) is 0 Å². The largest absolute Gasteiger partial charge is 0.385 e. The zero-order valence-electron chi connectivity index (χ0n) is 16.6. The van der Waals surface area contributed by atoms with E-state index in [2.05, 4.69) is 10.3 Å². The molecule has 0 fully saturated rings.